The van der Waals surface area contributed by atoms with Crippen molar-refractivity contribution in [3.63, 3.8) is 0 Å². The molecular weight excluding hydrogens is 408 g/mol. The first-order valence-electron chi connectivity index (χ1n) is 10.7. The molecule has 0 spiro atoms. The van der Waals surface area contributed by atoms with Crippen LogP contribution in [-0.2, 0) is 11.2 Å². The average Bonchev–Trinajstić information content (AvgIpc) is 3.32. The van der Waals surface area contributed by atoms with Crippen molar-refractivity contribution in [2.45, 2.75) is 32.1 Å². The minimum atomic E-state index is -0.259. The third-order valence-corrected chi connectivity index (χ3v) is 5.71. The number of ether oxygens (including phenoxy) is 1. The minimum absolute atomic E-state index is 0.0238. The molecule has 1 saturated heterocycles. The molecule has 9 nitrogen and oxygen atoms in total. The van der Waals surface area contributed by atoms with Crippen LogP contribution in [0.3, 0.4) is 0 Å². The molecule has 1 aromatic heterocycles. The summed E-state index contributed by atoms with van der Waals surface area (Å²) in [5, 5.41) is 13.9. The number of aromatic nitrogens is 4. The molecule has 0 atom stereocenters. The first-order chi connectivity index (χ1) is 15.6. The molecule has 4 rings (SSSR count). The number of nitrogens with two attached hydrogens (primary N) is 1. The third-order valence-electron chi connectivity index (χ3n) is 5.71. The molecule has 2 heterocycles. The van der Waals surface area contributed by atoms with Gasteiger partial charge in [0, 0.05) is 31.5 Å². The quantitative estimate of drug-likeness (QED) is 0.561. The molecule has 1 aliphatic rings. The van der Waals surface area contributed by atoms with E-state index in [0.717, 1.165) is 24.8 Å². The summed E-state index contributed by atoms with van der Waals surface area (Å²) in [6, 6.07) is 14.9. The Balaban J connectivity index is 1.28. The molecule has 9 heteroatoms. The summed E-state index contributed by atoms with van der Waals surface area (Å²) in [4.78, 5) is 25.6. The van der Waals surface area contributed by atoms with E-state index >= 15 is 0 Å². The lowest BCUT2D eigenvalue weighted by Gasteiger charge is -2.32. The Labute approximate surface area is 185 Å². The number of likely N-dealkylation sites (tertiary alicyclic amines) is 1. The van der Waals surface area contributed by atoms with E-state index in [1.165, 1.54) is 0 Å². The zero-order valence-corrected chi connectivity index (χ0v) is 17.7. The molecule has 0 unspecified atom stereocenters. The summed E-state index contributed by atoms with van der Waals surface area (Å²) < 4.78 is 5.90. The van der Waals surface area contributed by atoms with Crippen LogP contribution in [0, 0.1) is 5.92 Å². The van der Waals surface area contributed by atoms with Crippen LogP contribution in [-0.4, -0.2) is 50.4 Å². The number of primary amides is 1. The van der Waals surface area contributed by atoms with Gasteiger partial charge in [0.1, 0.15) is 11.5 Å². The molecule has 1 fully saturated rings. The molecule has 3 aromatic rings. The van der Waals surface area contributed by atoms with Crippen molar-refractivity contribution >= 4 is 11.8 Å². The summed E-state index contributed by atoms with van der Waals surface area (Å²) in [5.41, 5.74) is 6.93. The number of H-pyrrole nitrogens is 1. The van der Waals surface area contributed by atoms with E-state index in [4.69, 9.17) is 10.5 Å². The van der Waals surface area contributed by atoms with Crippen LogP contribution >= 0.6 is 0 Å². The van der Waals surface area contributed by atoms with Gasteiger partial charge in [-0.3, -0.25) is 9.59 Å². The number of hydrogen-bond acceptors (Lipinski definition) is 6. The summed E-state index contributed by atoms with van der Waals surface area (Å²) >= 11 is 0. The number of nitrogens with one attached hydrogen (secondary N) is 1. The number of carbonyl (C=O) groups is 2. The van der Waals surface area contributed by atoms with Gasteiger partial charge in [0.25, 0.3) is 5.91 Å². The number of hydrogen-bond donors (Lipinski definition) is 2. The van der Waals surface area contributed by atoms with Crippen LogP contribution in [0.5, 0.6) is 11.5 Å². The van der Waals surface area contributed by atoms with Gasteiger partial charge in [-0.1, -0.05) is 17.3 Å². The predicted molar refractivity (Wildman–Crippen MR) is 117 cm³/mol. The first-order valence-corrected chi connectivity index (χ1v) is 10.7. The fraction of sp³-hybridized carbons (Fsp3) is 0.348. The summed E-state index contributed by atoms with van der Waals surface area (Å²) in [6.45, 7) is 1.41. The summed E-state index contributed by atoms with van der Waals surface area (Å²) in [7, 11) is 0. The highest BCUT2D eigenvalue weighted by molar-refractivity contribution is 5.94. The van der Waals surface area contributed by atoms with Gasteiger partial charge < -0.3 is 15.4 Å². The van der Waals surface area contributed by atoms with Crippen molar-refractivity contribution in [2.24, 2.45) is 11.7 Å². The fourth-order valence-corrected chi connectivity index (χ4v) is 3.87. The highest BCUT2D eigenvalue weighted by atomic mass is 16.5. The Kier molecular flexibility index (Phi) is 6.74. The maximum absolute atomic E-state index is 12.8. The first kappa shape index (κ1) is 21.5. The van der Waals surface area contributed by atoms with Crippen molar-refractivity contribution in [1.29, 1.82) is 0 Å². The van der Waals surface area contributed by atoms with Crippen LogP contribution in [0.15, 0.2) is 48.5 Å². The summed E-state index contributed by atoms with van der Waals surface area (Å²) in [5.74, 6) is 2.23. The monoisotopic (exact) mass is 434 g/mol. The van der Waals surface area contributed by atoms with E-state index in [9.17, 15) is 9.59 Å². The number of nitrogens with zero attached hydrogens (tertiary/aromatic N) is 4. The molecule has 0 radical (unpaired) electrons. The van der Waals surface area contributed by atoms with E-state index in [1.807, 2.05) is 29.2 Å². The second-order valence-electron chi connectivity index (χ2n) is 8.02. The van der Waals surface area contributed by atoms with Gasteiger partial charge in [0.2, 0.25) is 5.91 Å². The molecule has 1 aliphatic heterocycles. The van der Waals surface area contributed by atoms with Gasteiger partial charge in [-0.2, -0.15) is 5.21 Å². The Morgan fingerprint density at radius 1 is 1.03 bits per heavy atom. The molecule has 0 bridgehead atoms. The van der Waals surface area contributed by atoms with Gasteiger partial charge in [0.15, 0.2) is 5.82 Å². The van der Waals surface area contributed by atoms with Crippen LogP contribution in [0.25, 0.3) is 0 Å². The lowest BCUT2D eigenvalue weighted by molar-refractivity contribution is -0.118. The highest BCUT2D eigenvalue weighted by Crippen LogP contribution is 2.25. The second kappa shape index (κ2) is 10.0. The SMILES string of the molecule is NC(=O)CCC1CCN(C(=O)c2ccc(Oc3ccc(Cc4nn[nH]n4)cc3)cc2)CC1. The van der Waals surface area contributed by atoms with E-state index < -0.39 is 0 Å². The average molecular weight is 435 g/mol. The summed E-state index contributed by atoms with van der Waals surface area (Å²) in [6.07, 6.45) is 3.63. The molecule has 166 valence electrons. The molecule has 0 saturated carbocycles. The van der Waals surface area contributed by atoms with Crippen LogP contribution in [0.1, 0.15) is 47.4 Å². The van der Waals surface area contributed by atoms with Crippen molar-refractivity contribution in [3.05, 3.63) is 65.5 Å². The van der Waals surface area contributed by atoms with Crippen LogP contribution in [0.2, 0.25) is 0 Å². The zero-order chi connectivity index (χ0) is 22.3. The minimum Gasteiger partial charge on any atom is -0.457 e. The van der Waals surface area contributed by atoms with E-state index in [1.54, 1.807) is 24.3 Å². The Bertz CT molecular complexity index is 1030. The van der Waals surface area contributed by atoms with E-state index in [-0.39, 0.29) is 11.8 Å². The maximum Gasteiger partial charge on any atom is 0.253 e. The number of rotatable bonds is 8. The molecule has 0 aliphatic carbocycles. The number of benzene rings is 2. The van der Waals surface area contributed by atoms with Gasteiger partial charge in [-0.25, -0.2) is 0 Å². The number of carbonyl (C=O) groups excluding carboxylic acids is 2. The normalized spacial score (nSPS) is 14.3. The lowest BCUT2D eigenvalue weighted by atomic mass is 9.92. The standard InChI is InChI=1S/C23H26N6O3/c24-21(30)10-3-16-11-13-29(14-12-16)23(31)18-4-8-20(9-5-18)32-19-6-1-17(2-7-19)15-22-25-27-28-26-22/h1-2,4-9,16H,3,10-15H2,(H2,24,30)(H,25,26,27,28). The van der Waals surface area contributed by atoms with Crippen molar-refractivity contribution < 1.29 is 14.3 Å². The number of aromatic amines is 1. The maximum atomic E-state index is 12.8. The highest BCUT2D eigenvalue weighted by Gasteiger charge is 2.23. The van der Waals surface area contributed by atoms with E-state index in [0.29, 0.717) is 54.7 Å². The molecule has 2 amide bonds. The molecule has 2 aromatic carbocycles. The zero-order valence-electron chi connectivity index (χ0n) is 17.7. The van der Waals surface area contributed by atoms with Crippen LogP contribution in [0.4, 0.5) is 0 Å². The van der Waals surface area contributed by atoms with Gasteiger partial charge in [-0.05, 0) is 67.1 Å². The van der Waals surface area contributed by atoms with Crippen molar-refractivity contribution in [3.8, 4) is 11.5 Å². The second-order valence-corrected chi connectivity index (χ2v) is 8.02. The number of piperidine rings is 1. The third kappa shape index (κ3) is 5.69. The number of amides is 2. The van der Waals surface area contributed by atoms with Crippen molar-refractivity contribution in [1.82, 2.24) is 25.5 Å². The molecule has 32 heavy (non-hydrogen) atoms. The van der Waals surface area contributed by atoms with Gasteiger partial charge in [-0.15, -0.1) is 10.2 Å². The van der Waals surface area contributed by atoms with Gasteiger partial charge >= 0.3 is 0 Å². The predicted octanol–water partition coefficient (Wildman–Crippen LogP) is 2.70. The Hall–Kier alpha value is -3.75. The largest absolute Gasteiger partial charge is 0.457 e. The fourth-order valence-electron chi connectivity index (χ4n) is 3.87. The Morgan fingerprint density at radius 2 is 1.69 bits per heavy atom. The number of tetrazole rings is 1. The smallest absolute Gasteiger partial charge is 0.253 e. The van der Waals surface area contributed by atoms with Crippen molar-refractivity contribution in [2.75, 3.05) is 13.1 Å². The Morgan fingerprint density at radius 3 is 2.28 bits per heavy atom. The molecular formula is C23H26N6O3. The van der Waals surface area contributed by atoms with E-state index in [2.05, 4.69) is 20.6 Å². The van der Waals surface area contributed by atoms with Crippen LogP contribution < -0.4 is 10.5 Å². The lowest BCUT2D eigenvalue weighted by Crippen LogP contribution is -2.38. The topological polar surface area (TPSA) is 127 Å². The molecule has 3 N–H and O–H groups in total. The van der Waals surface area contributed by atoms with Gasteiger partial charge in [0.05, 0.1) is 0 Å².